The van der Waals surface area contributed by atoms with E-state index >= 15 is 0 Å². The average molecular weight is 465 g/mol. The van der Waals surface area contributed by atoms with Crippen molar-refractivity contribution in [2.24, 2.45) is 0 Å². The Kier molecular flexibility index (Phi) is 5.22. The van der Waals surface area contributed by atoms with Gasteiger partial charge in [-0.15, -0.1) is 0 Å². The van der Waals surface area contributed by atoms with Crippen molar-refractivity contribution in [3.8, 4) is 0 Å². The molecule has 10 heteroatoms. The summed E-state index contributed by atoms with van der Waals surface area (Å²) in [6, 6.07) is 12.1. The number of likely N-dealkylation sites (tertiary alicyclic amines) is 1. The number of benzene rings is 2. The molecule has 34 heavy (non-hydrogen) atoms. The Balaban J connectivity index is 1.25. The predicted octanol–water partition coefficient (Wildman–Crippen LogP) is 2.10. The number of piperidine rings is 1. The fourth-order valence-corrected chi connectivity index (χ4v) is 4.86. The fourth-order valence-electron chi connectivity index (χ4n) is 4.86. The quantitative estimate of drug-likeness (QED) is 0.576. The number of hydrogen-bond donors (Lipinski definition) is 2. The molecule has 0 radical (unpaired) electrons. The zero-order valence-electron chi connectivity index (χ0n) is 18.6. The first-order valence-corrected chi connectivity index (χ1v) is 11.1. The van der Waals surface area contributed by atoms with Crippen molar-refractivity contribution >= 4 is 28.9 Å². The second-order valence-corrected chi connectivity index (χ2v) is 8.88. The Hall–Kier alpha value is -3.95. The molecule has 5 rings (SSSR count). The second-order valence-electron chi connectivity index (χ2n) is 8.88. The van der Waals surface area contributed by atoms with E-state index in [1.54, 1.807) is 9.47 Å². The van der Waals surface area contributed by atoms with E-state index in [1.165, 1.54) is 31.2 Å². The number of imidazole rings is 1. The van der Waals surface area contributed by atoms with Gasteiger partial charge in [0.15, 0.2) is 0 Å². The summed E-state index contributed by atoms with van der Waals surface area (Å²) in [6.45, 7) is 1.98. The van der Waals surface area contributed by atoms with Gasteiger partial charge in [-0.25, -0.2) is 14.0 Å². The van der Waals surface area contributed by atoms with E-state index in [0.717, 1.165) is 15.9 Å². The summed E-state index contributed by atoms with van der Waals surface area (Å²) in [7, 11) is 0. The third-order valence-corrected chi connectivity index (χ3v) is 6.80. The van der Waals surface area contributed by atoms with Crippen molar-refractivity contribution in [2.45, 2.75) is 31.3 Å². The van der Waals surface area contributed by atoms with Crippen LogP contribution < -0.4 is 11.0 Å². The number of aromatic amines is 1. The van der Waals surface area contributed by atoms with Crippen LogP contribution in [0, 0.1) is 5.82 Å². The molecular weight excluding hydrogens is 441 g/mol. The summed E-state index contributed by atoms with van der Waals surface area (Å²) >= 11 is 0. The number of imide groups is 1. The zero-order valence-corrected chi connectivity index (χ0v) is 18.6. The van der Waals surface area contributed by atoms with Gasteiger partial charge in [0.25, 0.3) is 5.91 Å². The van der Waals surface area contributed by atoms with E-state index in [0.29, 0.717) is 31.5 Å². The minimum Gasteiger partial charge on any atom is -0.341 e. The molecule has 176 valence electrons. The highest BCUT2D eigenvalue weighted by Gasteiger charge is 2.49. The molecule has 0 aliphatic carbocycles. The van der Waals surface area contributed by atoms with E-state index in [4.69, 9.17) is 0 Å². The van der Waals surface area contributed by atoms with E-state index in [1.807, 2.05) is 24.3 Å². The van der Waals surface area contributed by atoms with Crippen LogP contribution in [0.4, 0.5) is 9.18 Å². The Bertz CT molecular complexity index is 1340. The largest absolute Gasteiger partial charge is 0.341 e. The Morgan fingerprint density at radius 3 is 2.44 bits per heavy atom. The Labute approximate surface area is 194 Å². The van der Waals surface area contributed by atoms with Crippen LogP contribution in [-0.2, 0) is 15.1 Å². The highest BCUT2D eigenvalue weighted by molar-refractivity contribution is 6.09. The number of fused-ring (bicyclic) bond motifs is 1. The molecule has 3 heterocycles. The summed E-state index contributed by atoms with van der Waals surface area (Å²) in [5, 5.41) is 2.63. The third-order valence-electron chi connectivity index (χ3n) is 6.80. The molecule has 2 N–H and O–H groups in total. The minimum atomic E-state index is -1.37. The van der Waals surface area contributed by atoms with E-state index < -0.39 is 23.3 Å². The summed E-state index contributed by atoms with van der Waals surface area (Å²) in [4.78, 5) is 56.4. The number of urea groups is 1. The highest BCUT2D eigenvalue weighted by Crippen LogP contribution is 2.30. The van der Waals surface area contributed by atoms with Crippen molar-refractivity contribution in [1.29, 1.82) is 0 Å². The van der Waals surface area contributed by atoms with Crippen LogP contribution in [0.3, 0.4) is 0 Å². The van der Waals surface area contributed by atoms with Crippen LogP contribution in [0.2, 0.25) is 0 Å². The van der Waals surface area contributed by atoms with Crippen LogP contribution in [0.25, 0.3) is 11.0 Å². The number of halogens is 1. The maximum absolute atomic E-state index is 13.3. The number of H-pyrrole nitrogens is 1. The zero-order chi connectivity index (χ0) is 24.0. The molecule has 1 atom stereocenters. The number of nitrogens with one attached hydrogen (secondary N) is 2. The van der Waals surface area contributed by atoms with Crippen LogP contribution in [-0.4, -0.2) is 56.8 Å². The number of carbonyl (C=O) groups excluding carboxylic acids is 3. The van der Waals surface area contributed by atoms with Gasteiger partial charge in [-0.05, 0) is 49.6 Å². The first kappa shape index (κ1) is 21.9. The molecular formula is C24H24FN5O4. The number of aromatic nitrogens is 2. The van der Waals surface area contributed by atoms with E-state index in [-0.39, 0.29) is 24.2 Å². The molecule has 1 aromatic heterocycles. The van der Waals surface area contributed by atoms with Crippen molar-refractivity contribution < 1.29 is 18.8 Å². The first-order valence-electron chi connectivity index (χ1n) is 11.1. The summed E-state index contributed by atoms with van der Waals surface area (Å²) in [5.74, 6) is -1.34. The molecule has 9 nitrogen and oxygen atoms in total. The molecule has 2 aliphatic rings. The summed E-state index contributed by atoms with van der Waals surface area (Å²) < 4.78 is 15.0. The first-order chi connectivity index (χ1) is 16.3. The molecule has 4 amide bonds. The van der Waals surface area contributed by atoms with Gasteiger partial charge < -0.3 is 15.2 Å². The SMILES string of the molecule is CC1(c2ccc(F)cc2)NC(=O)N(CC(=O)N2CCC(n3c(=O)[nH]c4ccccc43)CC2)C1=O. The Morgan fingerprint density at radius 2 is 1.74 bits per heavy atom. The molecule has 2 fully saturated rings. The smallest absolute Gasteiger partial charge is 0.326 e. The minimum absolute atomic E-state index is 0.0498. The average Bonchev–Trinajstić information content (AvgIpc) is 3.28. The summed E-state index contributed by atoms with van der Waals surface area (Å²) in [6.07, 6.45) is 1.17. The molecule has 0 spiro atoms. The van der Waals surface area contributed by atoms with Crippen LogP contribution >= 0.6 is 0 Å². The van der Waals surface area contributed by atoms with Gasteiger partial charge in [-0.2, -0.15) is 0 Å². The van der Waals surface area contributed by atoms with Gasteiger partial charge in [0.2, 0.25) is 5.91 Å². The van der Waals surface area contributed by atoms with Crippen molar-refractivity contribution in [3.63, 3.8) is 0 Å². The molecule has 0 bridgehead atoms. The molecule has 2 saturated heterocycles. The molecule has 2 aliphatic heterocycles. The maximum atomic E-state index is 13.3. The van der Waals surface area contributed by atoms with Gasteiger partial charge in [0.1, 0.15) is 17.9 Å². The lowest BCUT2D eigenvalue weighted by Crippen LogP contribution is -2.47. The summed E-state index contributed by atoms with van der Waals surface area (Å²) in [5.41, 5.74) is 0.497. The van der Waals surface area contributed by atoms with Crippen molar-refractivity contribution in [1.82, 2.24) is 24.7 Å². The molecule has 0 saturated carbocycles. The van der Waals surface area contributed by atoms with Gasteiger partial charge >= 0.3 is 11.7 Å². The molecule has 3 aromatic rings. The number of carbonyl (C=O) groups is 3. The van der Waals surface area contributed by atoms with Crippen LogP contribution in [0.1, 0.15) is 31.4 Å². The number of rotatable bonds is 4. The van der Waals surface area contributed by atoms with Crippen molar-refractivity contribution in [2.75, 3.05) is 19.6 Å². The highest BCUT2D eigenvalue weighted by atomic mass is 19.1. The Morgan fingerprint density at radius 1 is 1.06 bits per heavy atom. The normalized spacial score (nSPS) is 21.4. The lowest BCUT2D eigenvalue weighted by molar-refractivity contribution is -0.139. The number of para-hydroxylation sites is 2. The lowest BCUT2D eigenvalue weighted by atomic mass is 9.92. The topological polar surface area (TPSA) is 108 Å². The van der Waals surface area contributed by atoms with Gasteiger partial charge in [0.05, 0.1) is 11.0 Å². The lowest BCUT2D eigenvalue weighted by Gasteiger charge is -2.33. The number of hydrogen-bond acceptors (Lipinski definition) is 4. The fraction of sp³-hybridized carbons (Fsp3) is 0.333. The van der Waals surface area contributed by atoms with Gasteiger partial charge in [-0.3, -0.25) is 19.1 Å². The van der Waals surface area contributed by atoms with Gasteiger partial charge in [0, 0.05) is 19.1 Å². The van der Waals surface area contributed by atoms with E-state index in [2.05, 4.69) is 10.3 Å². The molecule has 1 unspecified atom stereocenters. The monoisotopic (exact) mass is 465 g/mol. The number of nitrogens with zero attached hydrogens (tertiary/aromatic N) is 3. The standard InChI is InChI=1S/C24H24FN5O4/c1-24(15-6-8-16(25)9-7-15)21(32)29(23(34)27-24)14-20(31)28-12-10-17(11-13-28)30-19-5-3-2-4-18(19)26-22(30)33/h2-9,17H,10-14H2,1H3,(H,26,33)(H,27,34). The third kappa shape index (κ3) is 3.55. The van der Waals surface area contributed by atoms with Gasteiger partial charge in [-0.1, -0.05) is 24.3 Å². The predicted molar refractivity (Wildman–Crippen MR) is 121 cm³/mol. The van der Waals surface area contributed by atoms with E-state index in [9.17, 15) is 23.6 Å². The van der Waals surface area contributed by atoms with Crippen LogP contribution in [0.15, 0.2) is 53.3 Å². The maximum Gasteiger partial charge on any atom is 0.326 e. The molecule has 2 aromatic carbocycles. The second kappa shape index (κ2) is 8.12. The van der Waals surface area contributed by atoms with Crippen LogP contribution in [0.5, 0.6) is 0 Å². The van der Waals surface area contributed by atoms with Crippen molar-refractivity contribution in [3.05, 3.63) is 70.4 Å². The number of amides is 4.